The molecule has 0 fully saturated rings. The largest absolute Gasteiger partial charge is 0.260 e. The lowest BCUT2D eigenvalue weighted by atomic mass is 10.2. The Kier molecular flexibility index (Phi) is 4.26. The molecule has 0 saturated carbocycles. The van der Waals surface area contributed by atoms with Crippen molar-refractivity contribution >= 4 is 10.8 Å². The lowest BCUT2D eigenvalue weighted by molar-refractivity contribution is 0.666. The first-order chi connectivity index (χ1) is 8.72. The van der Waals surface area contributed by atoms with Gasteiger partial charge in [0.15, 0.2) is 0 Å². The van der Waals surface area contributed by atoms with Crippen molar-refractivity contribution in [2.75, 3.05) is 0 Å². The van der Waals surface area contributed by atoms with Crippen molar-refractivity contribution in [1.29, 1.82) is 0 Å². The van der Waals surface area contributed by atoms with Crippen molar-refractivity contribution in [2.45, 2.75) is 30.4 Å². The van der Waals surface area contributed by atoms with E-state index in [1.54, 1.807) is 6.20 Å². The van der Waals surface area contributed by atoms with Gasteiger partial charge in [-0.1, -0.05) is 30.7 Å². The second-order valence-corrected chi connectivity index (χ2v) is 5.90. The SMILES string of the molecule is CC[C@@H](c1ccccn1)S(=O)c1ccc(C)cc1. The van der Waals surface area contributed by atoms with Crippen LogP contribution in [0.1, 0.15) is 29.9 Å². The van der Waals surface area contributed by atoms with Crippen LogP contribution in [0.15, 0.2) is 53.6 Å². The van der Waals surface area contributed by atoms with Crippen molar-refractivity contribution in [3.8, 4) is 0 Å². The van der Waals surface area contributed by atoms with Crippen molar-refractivity contribution < 1.29 is 4.21 Å². The van der Waals surface area contributed by atoms with E-state index in [9.17, 15) is 4.21 Å². The molecule has 0 aliphatic carbocycles. The number of nitrogens with zero attached hydrogens (tertiary/aromatic N) is 1. The van der Waals surface area contributed by atoms with Crippen molar-refractivity contribution in [3.05, 3.63) is 59.9 Å². The molecule has 2 aromatic rings. The van der Waals surface area contributed by atoms with E-state index in [2.05, 4.69) is 4.98 Å². The van der Waals surface area contributed by atoms with Crippen LogP contribution in [-0.4, -0.2) is 9.19 Å². The molecular formula is C15H17NOS. The molecule has 3 heteroatoms. The molecule has 1 aromatic carbocycles. The summed E-state index contributed by atoms with van der Waals surface area (Å²) in [6.07, 6.45) is 2.57. The predicted octanol–water partition coefficient (Wildman–Crippen LogP) is 3.65. The van der Waals surface area contributed by atoms with Crippen LogP contribution >= 0.6 is 0 Å². The molecule has 2 nitrogen and oxygen atoms in total. The minimum absolute atomic E-state index is 0.0334. The zero-order valence-corrected chi connectivity index (χ0v) is 11.5. The summed E-state index contributed by atoms with van der Waals surface area (Å²) in [7, 11) is -1.04. The van der Waals surface area contributed by atoms with Gasteiger partial charge in [-0.2, -0.15) is 0 Å². The first-order valence-electron chi connectivity index (χ1n) is 6.10. The molecule has 18 heavy (non-hydrogen) atoms. The molecule has 0 N–H and O–H groups in total. The normalized spacial score (nSPS) is 14.1. The molecular weight excluding hydrogens is 242 g/mol. The van der Waals surface area contributed by atoms with Gasteiger partial charge < -0.3 is 0 Å². The lowest BCUT2D eigenvalue weighted by Gasteiger charge is -2.14. The third kappa shape index (κ3) is 2.85. The summed E-state index contributed by atoms with van der Waals surface area (Å²) < 4.78 is 12.6. The highest BCUT2D eigenvalue weighted by Crippen LogP contribution is 2.26. The van der Waals surface area contributed by atoms with E-state index >= 15 is 0 Å². The average molecular weight is 259 g/mol. The van der Waals surface area contributed by atoms with Crippen LogP contribution in [0.3, 0.4) is 0 Å². The van der Waals surface area contributed by atoms with E-state index in [0.29, 0.717) is 0 Å². The lowest BCUT2D eigenvalue weighted by Crippen LogP contribution is -2.07. The molecule has 0 amide bonds. The minimum atomic E-state index is -1.04. The Hall–Kier alpha value is -1.48. The summed E-state index contributed by atoms with van der Waals surface area (Å²) in [5.41, 5.74) is 2.08. The number of hydrogen-bond acceptors (Lipinski definition) is 2. The first kappa shape index (κ1) is 13.0. The summed E-state index contributed by atoms with van der Waals surface area (Å²) in [6.45, 7) is 4.08. The van der Waals surface area contributed by atoms with E-state index < -0.39 is 10.8 Å². The number of benzene rings is 1. The van der Waals surface area contributed by atoms with Gasteiger partial charge in [-0.15, -0.1) is 0 Å². The van der Waals surface area contributed by atoms with Gasteiger partial charge >= 0.3 is 0 Å². The second kappa shape index (κ2) is 5.91. The molecule has 0 aliphatic rings. The van der Waals surface area contributed by atoms with Crippen molar-refractivity contribution in [1.82, 2.24) is 4.98 Å². The number of aryl methyl sites for hydroxylation is 1. The third-order valence-corrected chi connectivity index (χ3v) is 4.73. The Labute approximate surface area is 111 Å². The molecule has 0 bridgehead atoms. The van der Waals surface area contributed by atoms with Crippen LogP contribution < -0.4 is 0 Å². The highest BCUT2D eigenvalue weighted by atomic mass is 32.2. The highest BCUT2D eigenvalue weighted by Gasteiger charge is 2.19. The standard InChI is InChI=1S/C15H17NOS/c1-3-15(14-6-4-5-11-16-14)18(17)13-9-7-12(2)8-10-13/h4-11,15H,3H2,1-2H3/t15-,18?/m0/s1. The van der Waals surface area contributed by atoms with E-state index in [1.165, 1.54) is 5.56 Å². The molecule has 94 valence electrons. The summed E-state index contributed by atoms with van der Waals surface area (Å²) >= 11 is 0. The number of rotatable bonds is 4. The fourth-order valence-corrected chi connectivity index (χ4v) is 3.27. The Morgan fingerprint density at radius 2 is 1.89 bits per heavy atom. The second-order valence-electron chi connectivity index (χ2n) is 4.26. The van der Waals surface area contributed by atoms with Crippen molar-refractivity contribution in [3.63, 3.8) is 0 Å². The van der Waals surface area contributed by atoms with Crippen LogP contribution in [-0.2, 0) is 10.8 Å². The van der Waals surface area contributed by atoms with Gasteiger partial charge in [0.05, 0.1) is 21.7 Å². The maximum atomic E-state index is 12.6. The van der Waals surface area contributed by atoms with Crippen LogP contribution in [0, 0.1) is 6.92 Å². The zero-order valence-electron chi connectivity index (χ0n) is 10.7. The van der Waals surface area contributed by atoms with Crippen LogP contribution in [0.2, 0.25) is 0 Å². The Bertz CT molecular complexity index is 522. The summed E-state index contributed by atoms with van der Waals surface area (Å²) in [6, 6.07) is 13.6. The summed E-state index contributed by atoms with van der Waals surface area (Å²) in [5.74, 6) is 0. The fourth-order valence-electron chi connectivity index (χ4n) is 1.87. The van der Waals surface area contributed by atoms with Crippen LogP contribution in [0.25, 0.3) is 0 Å². The molecule has 1 heterocycles. The molecule has 1 unspecified atom stereocenters. The minimum Gasteiger partial charge on any atom is -0.260 e. The van der Waals surface area contributed by atoms with Gasteiger partial charge in [0.2, 0.25) is 0 Å². The molecule has 0 radical (unpaired) electrons. The molecule has 0 spiro atoms. The van der Waals surface area contributed by atoms with E-state index in [4.69, 9.17) is 0 Å². The predicted molar refractivity (Wildman–Crippen MR) is 74.9 cm³/mol. The van der Waals surface area contributed by atoms with Gasteiger partial charge in [-0.3, -0.25) is 9.19 Å². The number of pyridine rings is 1. The Morgan fingerprint density at radius 3 is 2.44 bits per heavy atom. The van der Waals surface area contributed by atoms with Crippen LogP contribution in [0.5, 0.6) is 0 Å². The Morgan fingerprint density at radius 1 is 1.17 bits per heavy atom. The highest BCUT2D eigenvalue weighted by molar-refractivity contribution is 7.85. The van der Waals surface area contributed by atoms with E-state index in [1.807, 2.05) is 56.3 Å². The third-order valence-electron chi connectivity index (χ3n) is 2.90. The average Bonchev–Trinajstić information content (AvgIpc) is 2.41. The van der Waals surface area contributed by atoms with Gasteiger partial charge in [-0.05, 0) is 37.6 Å². The Balaban J connectivity index is 2.28. The van der Waals surface area contributed by atoms with Crippen molar-refractivity contribution in [2.24, 2.45) is 0 Å². The molecule has 0 saturated heterocycles. The maximum Gasteiger partial charge on any atom is 0.0813 e. The molecule has 0 aliphatic heterocycles. The van der Waals surface area contributed by atoms with Gasteiger partial charge in [0, 0.05) is 11.1 Å². The first-order valence-corrected chi connectivity index (χ1v) is 7.32. The molecule has 1 aromatic heterocycles. The topological polar surface area (TPSA) is 30.0 Å². The smallest absolute Gasteiger partial charge is 0.0813 e. The van der Waals surface area contributed by atoms with Gasteiger partial charge in [0.25, 0.3) is 0 Å². The van der Waals surface area contributed by atoms with Crippen LogP contribution in [0.4, 0.5) is 0 Å². The van der Waals surface area contributed by atoms with E-state index in [0.717, 1.165) is 17.0 Å². The monoisotopic (exact) mass is 259 g/mol. The van der Waals surface area contributed by atoms with Gasteiger partial charge in [-0.25, -0.2) is 0 Å². The number of hydrogen-bond donors (Lipinski definition) is 0. The summed E-state index contributed by atoms with van der Waals surface area (Å²) in [5, 5.41) is -0.0334. The van der Waals surface area contributed by atoms with E-state index in [-0.39, 0.29) is 5.25 Å². The quantitative estimate of drug-likeness (QED) is 0.839. The molecule has 2 atom stereocenters. The van der Waals surface area contributed by atoms with Gasteiger partial charge in [0.1, 0.15) is 0 Å². The fraction of sp³-hybridized carbons (Fsp3) is 0.267. The molecule has 2 rings (SSSR count). The zero-order chi connectivity index (χ0) is 13.0. The number of aromatic nitrogens is 1. The maximum absolute atomic E-state index is 12.6. The summed E-state index contributed by atoms with van der Waals surface area (Å²) in [4.78, 5) is 5.19.